The third-order valence-corrected chi connectivity index (χ3v) is 5.92. The zero-order chi connectivity index (χ0) is 24.6. The highest BCUT2D eigenvalue weighted by molar-refractivity contribution is 5.84. The molecule has 1 saturated heterocycles. The van der Waals surface area contributed by atoms with E-state index in [-0.39, 0.29) is 19.0 Å². The van der Waals surface area contributed by atoms with Crippen molar-refractivity contribution in [2.75, 3.05) is 25.5 Å². The molecule has 1 fully saturated rings. The number of nitrogens with one attached hydrogen (secondary N) is 1. The van der Waals surface area contributed by atoms with E-state index >= 15 is 0 Å². The van der Waals surface area contributed by atoms with E-state index < -0.39 is 5.92 Å². The van der Waals surface area contributed by atoms with Crippen LogP contribution in [0.2, 0.25) is 0 Å². The summed E-state index contributed by atoms with van der Waals surface area (Å²) in [7, 11) is 1.57. The number of rotatable bonds is 7. The fourth-order valence-electron chi connectivity index (χ4n) is 4.16. The molecule has 1 aliphatic heterocycles. The minimum absolute atomic E-state index is 0.0960. The summed E-state index contributed by atoms with van der Waals surface area (Å²) in [5.74, 6) is -1.26. The van der Waals surface area contributed by atoms with Gasteiger partial charge in [-0.15, -0.1) is 0 Å². The summed E-state index contributed by atoms with van der Waals surface area (Å²) in [4.78, 5) is 24.1. The van der Waals surface area contributed by atoms with Crippen LogP contribution in [0.4, 0.5) is 20.5 Å². The van der Waals surface area contributed by atoms with Crippen molar-refractivity contribution in [3.63, 3.8) is 0 Å². The summed E-state index contributed by atoms with van der Waals surface area (Å²) in [6.45, 7) is 4.78. The summed E-state index contributed by atoms with van der Waals surface area (Å²) < 4.78 is 34.4. The van der Waals surface area contributed by atoms with Crippen LogP contribution in [0.3, 0.4) is 0 Å². The normalized spacial score (nSPS) is 15.7. The molecule has 4 aromatic rings. The van der Waals surface area contributed by atoms with E-state index in [2.05, 4.69) is 48.7 Å². The Kier molecular flexibility index (Phi) is 6.01. The van der Waals surface area contributed by atoms with E-state index in [1.54, 1.807) is 42.9 Å². The lowest BCUT2D eigenvalue weighted by molar-refractivity contribution is 0.0115. The predicted molar refractivity (Wildman–Crippen MR) is 128 cm³/mol. The number of fused-ring (bicyclic) bond motifs is 1. The van der Waals surface area contributed by atoms with Gasteiger partial charge in [-0.1, -0.05) is 6.07 Å². The molecule has 0 atom stereocenters. The summed E-state index contributed by atoms with van der Waals surface area (Å²) in [5, 5.41) is 3.09. The van der Waals surface area contributed by atoms with Gasteiger partial charge in [0.1, 0.15) is 5.82 Å². The Labute approximate surface area is 201 Å². The maximum atomic E-state index is 13.4. The first kappa shape index (κ1) is 23.0. The molecule has 11 heteroatoms. The average Bonchev–Trinajstić information content (AvgIpc) is 3.42. The van der Waals surface area contributed by atoms with Crippen molar-refractivity contribution in [1.29, 1.82) is 0 Å². The SMILES string of the molecule is COc1nc(-c2ccnc(Nc3ccc(CN4CCC(F)(F)C4)cn3)n2)cc2c1ncn2C(C)C. The van der Waals surface area contributed by atoms with E-state index in [1.807, 2.05) is 12.1 Å². The molecule has 1 N–H and O–H groups in total. The van der Waals surface area contributed by atoms with Crippen LogP contribution in [0.1, 0.15) is 31.9 Å². The van der Waals surface area contributed by atoms with E-state index in [9.17, 15) is 8.78 Å². The predicted octanol–water partition coefficient (Wildman–Crippen LogP) is 4.46. The quantitative estimate of drug-likeness (QED) is 0.415. The van der Waals surface area contributed by atoms with Crippen molar-refractivity contribution in [2.24, 2.45) is 0 Å². The number of imidazole rings is 1. The molecule has 0 bridgehead atoms. The van der Waals surface area contributed by atoms with Gasteiger partial charge in [0.05, 0.1) is 36.9 Å². The Morgan fingerprint density at radius 3 is 2.66 bits per heavy atom. The highest BCUT2D eigenvalue weighted by Crippen LogP contribution is 2.30. The Bertz CT molecular complexity index is 1340. The molecule has 9 nitrogen and oxygen atoms in total. The second kappa shape index (κ2) is 9.14. The molecule has 5 heterocycles. The fourth-order valence-corrected chi connectivity index (χ4v) is 4.16. The van der Waals surface area contributed by atoms with Crippen LogP contribution >= 0.6 is 0 Å². The van der Waals surface area contributed by atoms with E-state index in [0.717, 1.165) is 11.1 Å². The number of nitrogens with zero attached hydrogens (tertiary/aromatic N) is 7. The Balaban J connectivity index is 1.35. The van der Waals surface area contributed by atoms with Gasteiger partial charge < -0.3 is 14.6 Å². The van der Waals surface area contributed by atoms with Crippen molar-refractivity contribution in [3.8, 4) is 17.3 Å². The molecule has 1 aliphatic rings. The molecule has 0 amide bonds. The third-order valence-electron chi connectivity index (χ3n) is 5.92. The molecule has 0 spiro atoms. The molecule has 35 heavy (non-hydrogen) atoms. The first-order chi connectivity index (χ1) is 16.8. The summed E-state index contributed by atoms with van der Waals surface area (Å²) >= 11 is 0. The van der Waals surface area contributed by atoms with Gasteiger partial charge in [0.2, 0.25) is 11.8 Å². The van der Waals surface area contributed by atoms with Gasteiger partial charge in [-0.3, -0.25) is 4.90 Å². The smallest absolute Gasteiger partial charge is 0.261 e. The minimum atomic E-state index is -2.60. The molecule has 182 valence electrons. The van der Waals surface area contributed by atoms with Gasteiger partial charge in [0.15, 0.2) is 5.52 Å². The van der Waals surface area contributed by atoms with Gasteiger partial charge in [0, 0.05) is 37.9 Å². The van der Waals surface area contributed by atoms with Crippen molar-refractivity contribution >= 4 is 22.8 Å². The molecule has 0 unspecified atom stereocenters. The van der Waals surface area contributed by atoms with Crippen molar-refractivity contribution in [3.05, 3.63) is 48.5 Å². The third kappa shape index (κ3) is 4.90. The number of alkyl halides is 2. The largest absolute Gasteiger partial charge is 0.479 e. The number of aromatic nitrogens is 6. The highest BCUT2D eigenvalue weighted by Gasteiger charge is 2.37. The van der Waals surface area contributed by atoms with Gasteiger partial charge in [-0.05, 0) is 37.6 Å². The number of hydrogen-bond donors (Lipinski definition) is 1. The minimum Gasteiger partial charge on any atom is -0.479 e. The topological polar surface area (TPSA) is 93.9 Å². The van der Waals surface area contributed by atoms with Crippen molar-refractivity contribution in [1.82, 2.24) is 34.4 Å². The number of pyridine rings is 2. The van der Waals surface area contributed by atoms with Crippen LogP contribution in [0, 0.1) is 0 Å². The summed E-state index contributed by atoms with van der Waals surface area (Å²) in [6, 6.07) is 7.58. The van der Waals surface area contributed by atoms with Crippen LogP contribution < -0.4 is 10.1 Å². The van der Waals surface area contributed by atoms with E-state index in [0.29, 0.717) is 47.6 Å². The maximum Gasteiger partial charge on any atom is 0.261 e. The van der Waals surface area contributed by atoms with Crippen LogP contribution in [-0.2, 0) is 6.54 Å². The second-order valence-electron chi connectivity index (χ2n) is 8.89. The summed E-state index contributed by atoms with van der Waals surface area (Å²) in [6.07, 6.45) is 5.00. The zero-order valence-corrected chi connectivity index (χ0v) is 19.7. The lowest BCUT2D eigenvalue weighted by Gasteiger charge is -2.15. The molecule has 0 saturated carbocycles. The van der Waals surface area contributed by atoms with Gasteiger partial charge in [-0.2, -0.15) is 0 Å². The number of ether oxygens (including phenoxy) is 1. The lowest BCUT2D eigenvalue weighted by Crippen LogP contribution is -2.24. The van der Waals surface area contributed by atoms with E-state index in [1.165, 1.54) is 0 Å². The molecule has 0 radical (unpaired) electrons. The van der Waals surface area contributed by atoms with Gasteiger partial charge in [-0.25, -0.2) is 33.7 Å². The maximum absolute atomic E-state index is 13.4. The molecular formula is C24H26F2N8O. The molecule has 0 aliphatic carbocycles. The molecular weight excluding hydrogens is 454 g/mol. The second-order valence-corrected chi connectivity index (χ2v) is 8.89. The Morgan fingerprint density at radius 1 is 1.11 bits per heavy atom. The first-order valence-electron chi connectivity index (χ1n) is 11.4. The van der Waals surface area contributed by atoms with Crippen LogP contribution in [-0.4, -0.2) is 60.5 Å². The zero-order valence-electron chi connectivity index (χ0n) is 19.7. The fraction of sp³-hybridized carbons (Fsp3) is 0.375. The van der Waals surface area contributed by atoms with Crippen LogP contribution in [0.25, 0.3) is 22.4 Å². The Morgan fingerprint density at radius 2 is 1.97 bits per heavy atom. The number of halogens is 2. The van der Waals surface area contributed by atoms with Gasteiger partial charge in [0.25, 0.3) is 5.92 Å². The molecule has 0 aromatic carbocycles. The molecule has 5 rings (SSSR count). The number of hydrogen-bond acceptors (Lipinski definition) is 8. The van der Waals surface area contributed by atoms with E-state index in [4.69, 9.17) is 4.74 Å². The van der Waals surface area contributed by atoms with Crippen LogP contribution in [0.5, 0.6) is 5.88 Å². The monoisotopic (exact) mass is 480 g/mol. The number of anilines is 2. The Hall–Kier alpha value is -3.73. The average molecular weight is 481 g/mol. The number of methoxy groups -OCH3 is 1. The molecule has 4 aromatic heterocycles. The van der Waals surface area contributed by atoms with Gasteiger partial charge >= 0.3 is 0 Å². The lowest BCUT2D eigenvalue weighted by atomic mass is 10.2. The van der Waals surface area contributed by atoms with Crippen LogP contribution in [0.15, 0.2) is 43.0 Å². The van der Waals surface area contributed by atoms with Crippen molar-refractivity contribution in [2.45, 2.75) is 38.8 Å². The first-order valence-corrected chi connectivity index (χ1v) is 11.4. The number of likely N-dealkylation sites (tertiary alicyclic amines) is 1. The highest BCUT2D eigenvalue weighted by atomic mass is 19.3. The summed E-state index contributed by atoms with van der Waals surface area (Å²) in [5.41, 5.74) is 3.72. The van der Waals surface area contributed by atoms with Crippen molar-refractivity contribution < 1.29 is 13.5 Å². The standard InChI is InChI=1S/C24H26F2N8O/c1-15(2)34-14-29-21-19(34)10-18(30-22(21)35-3)17-6-8-27-23(31-17)32-20-5-4-16(11-28-20)12-33-9-7-24(25,26)13-33/h4-6,8,10-11,14-15H,7,9,12-13H2,1-3H3,(H,27,28,31,32).